The van der Waals surface area contributed by atoms with Crippen molar-refractivity contribution in [1.29, 1.82) is 0 Å². The molecule has 0 saturated carbocycles. The lowest BCUT2D eigenvalue weighted by Crippen LogP contribution is -2.15. The summed E-state index contributed by atoms with van der Waals surface area (Å²) in [6.45, 7) is 8.50. The van der Waals surface area contributed by atoms with E-state index in [1.54, 1.807) is 11.3 Å². The van der Waals surface area contributed by atoms with Crippen molar-refractivity contribution in [2.24, 2.45) is 0 Å². The summed E-state index contributed by atoms with van der Waals surface area (Å²) < 4.78 is 1.16. The zero-order valence-electron chi connectivity index (χ0n) is 17.1. The maximum absolute atomic E-state index is 12.8. The van der Waals surface area contributed by atoms with Gasteiger partial charge in [0.1, 0.15) is 5.01 Å². The Morgan fingerprint density at radius 2 is 1.69 bits per heavy atom. The number of nitrogens with one attached hydrogen (secondary N) is 1. The highest BCUT2D eigenvalue weighted by atomic mass is 32.1. The van der Waals surface area contributed by atoms with Crippen LogP contribution in [0.15, 0.2) is 66.7 Å². The summed E-state index contributed by atoms with van der Waals surface area (Å²) >= 11 is 1.66. The van der Waals surface area contributed by atoms with Gasteiger partial charge >= 0.3 is 0 Å². The predicted molar refractivity (Wildman–Crippen MR) is 123 cm³/mol. The molecule has 4 rings (SSSR count). The van der Waals surface area contributed by atoms with Crippen LogP contribution in [0.1, 0.15) is 42.3 Å². The molecular weight excluding hydrogens is 376 g/mol. The number of aromatic nitrogens is 1. The van der Waals surface area contributed by atoms with E-state index in [4.69, 9.17) is 4.98 Å². The molecule has 29 heavy (non-hydrogen) atoms. The van der Waals surface area contributed by atoms with Crippen molar-refractivity contribution in [2.75, 3.05) is 5.32 Å². The Kier molecular flexibility index (Phi) is 4.97. The molecule has 0 aliphatic heterocycles. The lowest BCUT2D eigenvalue weighted by atomic mass is 9.86. The summed E-state index contributed by atoms with van der Waals surface area (Å²) in [6.07, 6.45) is 0. The van der Waals surface area contributed by atoms with Gasteiger partial charge in [0.15, 0.2) is 0 Å². The zero-order valence-corrected chi connectivity index (χ0v) is 17.9. The fourth-order valence-corrected chi connectivity index (χ4v) is 4.16. The van der Waals surface area contributed by atoms with E-state index in [1.165, 1.54) is 5.56 Å². The maximum atomic E-state index is 12.8. The molecule has 1 N–H and O–H groups in total. The summed E-state index contributed by atoms with van der Waals surface area (Å²) in [6, 6.07) is 22.1. The number of anilines is 1. The number of carbonyl (C=O) groups excluding carboxylic acids is 1. The van der Waals surface area contributed by atoms with Crippen LogP contribution in [0.3, 0.4) is 0 Å². The fraction of sp³-hybridized carbons (Fsp3) is 0.200. The predicted octanol–water partition coefficient (Wildman–Crippen LogP) is 6.82. The molecule has 1 heterocycles. The Bertz CT molecular complexity index is 1150. The average Bonchev–Trinajstić information content (AvgIpc) is 3.13. The van der Waals surface area contributed by atoms with E-state index in [9.17, 15) is 4.79 Å². The Morgan fingerprint density at radius 3 is 2.38 bits per heavy atom. The third-order valence-electron chi connectivity index (χ3n) is 5.04. The average molecular weight is 401 g/mol. The summed E-state index contributed by atoms with van der Waals surface area (Å²) in [4.78, 5) is 17.5. The lowest BCUT2D eigenvalue weighted by molar-refractivity contribution is 0.102. The van der Waals surface area contributed by atoms with E-state index in [1.807, 2.05) is 61.5 Å². The number of hydrogen-bond acceptors (Lipinski definition) is 3. The molecule has 1 aromatic heterocycles. The van der Waals surface area contributed by atoms with E-state index < -0.39 is 0 Å². The molecule has 3 aromatic carbocycles. The third-order valence-corrected chi connectivity index (χ3v) is 6.13. The Labute approximate surface area is 175 Å². The molecule has 0 bridgehead atoms. The van der Waals surface area contributed by atoms with Crippen LogP contribution in [0.25, 0.3) is 20.8 Å². The van der Waals surface area contributed by atoms with Crippen molar-refractivity contribution in [3.05, 3.63) is 83.4 Å². The van der Waals surface area contributed by atoms with Crippen LogP contribution < -0.4 is 5.32 Å². The van der Waals surface area contributed by atoms with Crippen LogP contribution in [-0.2, 0) is 5.41 Å². The number of nitrogens with zero attached hydrogens (tertiary/aromatic N) is 1. The maximum Gasteiger partial charge on any atom is 0.255 e. The minimum absolute atomic E-state index is 0.0666. The van der Waals surface area contributed by atoms with Crippen LogP contribution in [0.2, 0.25) is 0 Å². The van der Waals surface area contributed by atoms with Gasteiger partial charge in [-0.1, -0.05) is 57.2 Å². The van der Waals surface area contributed by atoms with Gasteiger partial charge in [0.05, 0.1) is 10.2 Å². The largest absolute Gasteiger partial charge is 0.322 e. The summed E-state index contributed by atoms with van der Waals surface area (Å²) in [5.74, 6) is -0.102. The van der Waals surface area contributed by atoms with Crippen molar-refractivity contribution in [3.63, 3.8) is 0 Å². The monoisotopic (exact) mass is 400 g/mol. The van der Waals surface area contributed by atoms with Crippen molar-refractivity contribution in [3.8, 4) is 10.6 Å². The number of benzene rings is 3. The van der Waals surface area contributed by atoms with Gasteiger partial charge in [-0.05, 0) is 53.8 Å². The second kappa shape index (κ2) is 7.45. The molecule has 0 aliphatic rings. The molecule has 146 valence electrons. The molecule has 0 unspecified atom stereocenters. The van der Waals surface area contributed by atoms with Gasteiger partial charge in [0.25, 0.3) is 5.91 Å². The molecule has 0 aliphatic carbocycles. The normalized spacial score (nSPS) is 11.6. The minimum Gasteiger partial charge on any atom is -0.322 e. The highest BCUT2D eigenvalue weighted by molar-refractivity contribution is 7.21. The molecule has 3 nitrogen and oxygen atoms in total. The van der Waals surface area contributed by atoms with Gasteiger partial charge in [0.2, 0.25) is 0 Å². The van der Waals surface area contributed by atoms with Crippen molar-refractivity contribution in [2.45, 2.75) is 33.1 Å². The van der Waals surface area contributed by atoms with Gasteiger partial charge in [-0.25, -0.2) is 4.98 Å². The Balaban J connectivity index is 1.60. The molecule has 0 radical (unpaired) electrons. The topological polar surface area (TPSA) is 42.0 Å². The highest BCUT2D eigenvalue weighted by Gasteiger charge is 2.15. The molecule has 1 amide bonds. The van der Waals surface area contributed by atoms with Crippen molar-refractivity contribution in [1.82, 2.24) is 4.98 Å². The lowest BCUT2D eigenvalue weighted by Gasteiger charge is -2.19. The van der Waals surface area contributed by atoms with Crippen LogP contribution in [0.4, 0.5) is 5.69 Å². The number of para-hydroxylation sites is 1. The zero-order chi connectivity index (χ0) is 20.6. The second-order valence-electron chi connectivity index (χ2n) is 8.30. The molecular formula is C25H24N2OS. The fourth-order valence-electron chi connectivity index (χ4n) is 3.20. The Morgan fingerprint density at radius 1 is 0.966 bits per heavy atom. The van der Waals surface area contributed by atoms with Crippen molar-refractivity contribution >= 4 is 33.1 Å². The number of hydrogen-bond donors (Lipinski definition) is 1. The SMILES string of the molecule is Cc1ccc(-c2nc3ccccc3s2)cc1NC(=O)c1ccc(C(C)(C)C)cc1. The van der Waals surface area contributed by atoms with Gasteiger partial charge in [0, 0.05) is 16.8 Å². The van der Waals surface area contributed by atoms with E-state index in [0.717, 1.165) is 32.0 Å². The molecule has 0 spiro atoms. The number of fused-ring (bicyclic) bond motifs is 1. The molecule has 0 atom stereocenters. The third kappa shape index (κ3) is 4.08. The standard InChI is InChI=1S/C25H24N2OS/c1-16-9-10-18(24-27-20-7-5-6-8-22(20)29-24)15-21(16)26-23(28)17-11-13-19(14-12-17)25(2,3)4/h5-15H,1-4H3,(H,26,28). The number of rotatable bonds is 3. The first-order valence-corrected chi connectivity index (χ1v) is 10.5. The quantitative estimate of drug-likeness (QED) is 0.410. The van der Waals surface area contributed by atoms with Gasteiger partial charge in [-0.15, -0.1) is 11.3 Å². The van der Waals surface area contributed by atoms with Crippen molar-refractivity contribution < 1.29 is 4.79 Å². The van der Waals surface area contributed by atoms with E-state index in [0.29, 0.717) is 5.56 Å². The number of amides is 1. The van der Waals surface area contributed by atoms with Crippen LogP contribution in [0, 0.1) is 6.92 Å². The number of carbonyl (C=O) groups is 1. The molecule has 0 saturated heterocycles. The Hall–Kier alpha value is -2.98. The van der Waals surface area contributed by atoms with Gasteiger partial charge < -0.3 is 5.32 Å². The van der Waals surface area contributed by atoms with E-state index >= 15 is 0 Å². The first-order chi connectivity index (χ1) is 13.8. The molecule has 0 fully saturated rings. The van der Waals surface area contributed by atoms with E-state index in [-0.39, 0.29) is 11.3 Å². The van der Waals surface area contributed by atoms with Crippen LogP contribution in [0.5, 0.6) is 0 Å². The van der Waals surface area contributed by atoms with Gasteiger partial charge in [-0.3, -0.25) is 4.79 Å². The molecule has 4 heteroatoms. The first-order valence-electron chi connectivity index (χ1n) is 9.70. The van der Waals surface area contributed by atoms with Crippen LogP contribution in [-0.4, -0.2) is 10.9 Å². The summed E-state index contributed by atoms with van der Waals surface area (Å²) in [7, 11) is 0. The highest BCUT2D eigenvalue weighted by Crippen LogP contribution is 2.32. The minimum atomic E-state index is -0.102. The van der Waals surface area contributed by atoms with Gasteiger partial charge in [-0.2, -0.15) is 0 Å². The molecule has 4 aromatic rings. The summed E-state index contributed by atoms with van der Waals surface area (Å²) in [5, 5.41) is 4.02. The van der Waals surface area contributed by atoms with E-state index in [2.05, 4.69) is 38.2 Å². The second-order valence-corrected chi connectivity index (χ2v) is 9.33. The first kappa shape index (κ1) is 19.3. The summed E-state index contributed by atoms with van der Waals surface area (Å²) in [5.41, 5.74) is 5.77. The smallest absolute Gasteiger partial charge is 0.255 e. The number of thiazole rings is 1. The van der Waals surface area contributed by atoms with Crippen LogP contribution >= 0.6 is 11.3 Å². The number of aryl methyl sites for hydroxylation is 1.